The van der Waals surface area contributed by atoms with E-state index >= 15 is 0 Å². The van der Waals surface area contributed by atoms with Crippen LogP contribution in [0.15, 0.2) is 47.4 Å². The third kappa shape index (κ3) is 4.56. The Bertz CT molecular complexity index is 1910. The average Bonchev–Trinajstić information content (AvgIpc) is 3.64. The molecule has 2 atom stereocenters. The molecule has 4 heterocycles. The van der Waals surface area contributed by atoms with Crippen molar-refractivity contribution in [2.24, 2.45) is 25.2 Å². The number of methoxy groups -OCH3 is 1. The highest BCUT2D eigenvalue weighted by molar-refractivity contribution is 6.38. The van der Waals surface area contributed by atoms with Crippen molar-refractivity contribution in [3.63, 3.8) is 0 Å². The second kappa shape index (κ2) is 10.3. The van der Waals surface area contributed by atoms with Gasteiger partial charge >= 0.3 is 0 Å². The second-order valence-corrected chi connectivity index (χ2v) is 12.4. The summed E-state index contributed by atoms with van der Waals surface area (Å²) in [5.41, 5.74) is 9.37. The standard InChI is InChI=1S/C31H34ClFN8O2/c1-38-17-22-23(36-38)9-8-21(26(22)32)27-25-28(37-41(27)16-18-4-6-20(43-3)7-5-18)35-30(39(2)29(25)42)40-12-10-31(11-13-40)15-19(33)14-24(31)34/h4-9,17,19,24H,10-16,34H2,1-3H3/t19-,24+/m0/s1. The fourth-order valence-corrected chi connectivity index (χ4v) is 7.32. The number of rotatable bonds is 5. The van der Waals surface area contributed by atoms with Crippen LogP contribution in [0.4, 0.5) is 10.3 Å². The minimum absolute atomic E-state index is 0.137. The monoisotopic (exact) mass is 604 g/mol. The maximum Gasteiger partial charge on any atom is 0.266 e. The summed E-state index contributed by atoms with van der Waals surface area (Å²) in [6, 6.07) is 11.4. The van der Waals surface area contributed by atoms with Crippen molar-refractivity contribution in [1.29, 1.82) is 0 Å². The van der Waals surface area contributed by atoms with Gasteiger partial charge in [-0.15, -0.1) is 0 Å². The Labute approximate surface area is 252 Å². The molecular weight excluding hydrogens is 571 g/mol. The van der Waals surface area contributed by atoms with Gasteiger partial charge in [0.25, 0.3) is 5.56 Å². The minimum atomic E-state index is -0.841. The molecule has 1 saturated carbocycles. The van der Waals surface area contributed by atoms with E-state index in [-0.39, 0.29) is 17.0 Å². The Hall–Kier alpha value is -3.96. The lowest BCUT2D eigenvalue weighted by atomic mass is 9.74. The topological polar surface area (TPSA) is 109 Å². The van der Waals surface area contributed by atoms with Gasteiger partial charge in [-0.25, -0.2) is 4.39 Å². The van der Waals surface area contributed by atoms with Crippen molar-refractivity contribution in [2.75, 3.05) is 25.1 Å². The Balaban J connectivity index is 1.34. The van der Waals surface area contributed by atoms with E-state index in [2.05, 4.69) is 10.00 Å². The first-order chi connectivity index (χ1) is 20.7. The smallest absolute Gasteiger partial charge is 0.266 e. The molecule has 2 N–H and O–H groups in total. The lowest BCUT2D eigenvalue weighted by molar-refractivity contribution is 0.183. The maximum atomic E-state index is 14.2. The zero-order valence-electron chi connectivity index (χ0n) is 24.4. The lowest BCUT2D eigenvalue weighted by Crippen LogP contribution is -2.48. The Morgan fingerprint density at radius 2 is 1.86 bits per heavy atom. The van der Waals surface area contributed by atoms with E-state index in [1.54, 1.807) is 28.1 Å². The number of hydrogen-bond acceptors (Lipinski definition) is 7. The molecular formula is C31H34ClFN8O2. The summed E-state index contributed by atoms with van der Waals surface area (Å²) in [6.45, 7) is 1.69. The molecule has 7 rings (SSSR count). The molecule has 0 radical (unpaired) electrons. The van der Waals surface area contributed by atoms with Crippen molar-refractivity contribution in [2.45, 2.75) is 44.4 Å². The molecule has 2 fully saturated rings. The first-order valence-electron chi connectivity index (χ1n) is 14.5. The van der Waals surface area contributed by atoms with Crippen LogP contribution in [0.5, 0.6) is 5.75 Å². The van der Waals surface area contributed by atoms with Crippen molar-refractivity contribution >= 4 is 39.5 Å². The van der Waals surface area contributed by atoms with E-state index in [0.29, 0.717) is 65.7 Å². The fourth-order valence-electron chi connectivity index (χ4n) is 7.02. The van der Waals surface area contributed by atoms with Gasteiger partial charge in [0.15, 0.2) is 5.65 Å². The molecule has 1 aliphatic heterocycles. The van der Waals surface area contributed by atoms with Crippen LogP contribution in [0.2, 0.25) is 5.02 Å². The molecule has 3 aromatic heterocycles. The van der Waals surface area contributed by atoms with Crippen molar-refractivity contribution in [3.8, 4) is 17.0 Å². The molecule has 12 heteroatoms. The summed E-state index contributed by atoms with van der Waals surface area (Å²) in [4.78, 5) is 21.2. The number of fused-ring (bicyclic) bond motifs is 2. The number of alkyl halides is 1. The third-order valence-corrected chi connectivity index (χ3v) is 9.82. The number of aryl methyl sites for hydroxylation is 1. The Morgan fingerprint density at radius 1 is 1.12 bits per heavy atom. The number of aromatic nitrogens is 6. The molecule has 1 spiro atoms. The van der Waals surface area contributed by atoms with E-state index in [1.165, 1.54) is 0 Å². The number of nitrogens with zero attached hydrogens (tertiary/aromatic N) is 7. The summed E-state index contributed by atoms with van der Waals surface area (Å²) < 4.78 is 24.7. The number of benzene rings is 2. The molecule has 1 saturated heterocycles. The van der Waals surface area contributed by atoms with Crippen LogP contribution in [0, 0.1) is 5.41 Å². The Morgan fingerprint density at radius 3 is 2.53 bits per heavy atom. The van der Waals surface area contributed by atoms with Gasteiger partial charge in [0.2, 0.25) is 5.95 Å². The van der Waals surface area contributed by atoms with Gasteiger partial charge in [0.1, 0.15) is 17.3 Å². The number of ether oxygens (including phenoxy) is 1. The summed E-state index contributed by atoms with van der Waals surface area (Å²) in [5.74, 6) is 1.30. The van der Waals surface area contributed by atoms with Gasteiger partial charge in [-0.2, -0.15) is 15.2 Å². The van der Waals surface area contributed by atoms with Crippen molar-refractivity contribution in [3.05, 3.63) is 63.5 Å². The molecule has 0 bridgehead atoms. The average molecular weight is 605 g/mol. The number of piperidine rings is 1. The van der Waals surface area contributed by atoms with Crippen molar-refractivity contribution in [1.82, 2.24) is 29.1 Å². The number of anilines is 1. The fraction of sp³-hybridized carbons (Fsp3) is 0.419. The molecule has 2 aromatic carbocycles. The van der Waals surface area contributed by atoms with E-state index in [0.717, 1.165) is 35.1 Å². The van der Waals surface area contributed by atoms with Crippen LogP contribution in [-0.4, -0.2) is 61.5 Å². The number of hydrogen-bond donors (Lipinski definition) is 1. The van der Waals surface area contributed by atoms with Crippen LogP contribution in [0.3, 0.4) is 0 Å². The van der Waals surface area contributed by atoms with Crippen LogP contribution in [-0.2, 0) is 20.6 Å². The molecule has 224 valence electrons. The summed E-state index contributed by atoms with van der Waals surface area (Å²) in [7, 11) is 5.22. The van der Waals surface area contributed by atoms with E-state index < -0.39 is 6.17 Å². The SMILES string of the molecule is COc1ccc(Cn2nc3nc(N4CCC5(CC4)C[C@@H](F)C[C@H]5N)n(C)c(=O)c3c2-c2ccc3nn(C)cc3c2Cl)cc1. The Kier molecular flexibility index (Phi) is 6.70. The van der Waals surface area contributed by atoms with E-state index in [1.807, 2.05) is 49.6 Å². The van der Waals surface area contributed by atoms with Gasteiger partial charge < -0.3 is 15.4 Å². The first kappa shape index (κ1) is 27.8. The first-order valence-corrected chi connectivity index (χ1v) is 14.9. The van der Waals surface area contributed by atoms with Gasteiger partial charge in [-0.05, 0) is 60.9 Å². The van der Waals surface area contributed by atoms with E-state index in [9.17, 15) is 9.18 Å². The van der Waals surface area contributed by atoms with Crippen LogP contribution in [0.1, 0.15) is 31.2 Å². The van der Waals surface area contributed by atoms with Crippen LogP contribution in [0.25, 0.3) is 33.2 Å². The normalized spacial score (nSPS) is 20.1. The molecule has 10 nitrogen and oxygen atoms in total. The lowest BCUT2D eigenvalue weighted by Gasteiger charge is -2.42. The molecule has 43 heavy (non-hydrogen) atoms. The van der Waals surface area contributed by atoms with Gasteiger partial charge in [-0.1, -0.05) is 23.7 Å². The number of nitrogens with two attached hydrogens (primary N) is 1. The summed E-state index contributed by atoms with van der Waals surface area (Å²) in [5, 5.41) is 11.1. The molecule has 0 unspecified atom stereocenters. The van der Waals surface area contributed by atoms with Crippen LogP contribution >= 0.6 is 11.6 Å². The molecule has 2 aliphatic rings. The van der Waals surface area contributed by atoms with Crippen LogP contribution < -0.4 is 20.9 Å². The molecule has 1 aliphatic carbocycles. The highest BCUT2D eigenvalue weighted by atomic mass is 35.5. The molecule has 0 amide bonds. The summed E-state index contributed by atoms with van der Waals surface area (Å²) in [6.07, 6.45) is 3.48. The van der Waals surface area contributed by atoms with Crippen molar-refractivity contribution < 1.29 is 9.13 Å². The predicted molar refractivity (Wildman–Crippen MR) is 166 cm³/mol. The predicted octanol–water partition coefficient (Wildman–Crippen LogP) is 4.44. The zero-order valence-corrected chi connectivity index (χ0v) is 25.2. The summed E-state index contributed by atoms with van der Waals surface area (Å²) >= 11 is 7.00. The van der Waals surface area contributed by atoms with Gasteiger partial charge in [0.05, 0.1) is 29.9 Å². The van der Waals surface area contributed by atoms with Gasteiger partial charge in [0, 0.05) is 50.4 Å². The largest absolute Gasteiger partial charge is 0.497 e. The maximum absolute atomic E-state index is 14.2. The quantitative estimate of drug-likeness (QED) is 0.316. The highest BCUT2D eigenvalue weighted by Gasteiger charge is 2.47. The molecule has 5 aromatic rings. The minimum Gasteiger partial charge on any atom is -0.497 e. The second-order valence-electron chi connectivity index (χ2n) is 12.0. The number of halogens is 2. The highest BCUT2D eigenvalue weighted by Crippen LogP contribution is 2.47. The van der Waals surface area contributed by atoms with E-state index in [4.69, 9.17) is 32.2 Å². The zero-order chi connectivity index (χ0) is 30.0. The third-order valence-electron chi connectivity index (χ3n) is 9.41. The van der Waals surface area contributed by atoms with Gasteiger partial charge in [-0.3, -0.25) is 18.7 Å².